The summed E-state index contributed by atoms with van der Waals surface area (Å²) in [6, 6.07) is 7.89. The molecule has 0 radical (unpaired) electrons. The van der Waals surface area contributed by atoms with Crippen molar-refractivity contribution in [3.05, 3.63) is 60.2 Å². The van der Waals surface area contributed by atoms with Gasteiger partial charge in [-0.05, 0) is 25.3 Å². The Labute approximate surface area is 240 Å². The molecular weight excluding hydrogens is 526 g/mol. The molecule has 3 saturated heterocycles. The van der Waals surface area contributed by atoms with Gasteiger partial charge in [-0.15, -0.1) is 0 Å². The van der Waals surface area contributed by atoms with Gasteiger partial charge < -0.3 is 29.1 Å². The summed E-state index contributed by atoms with van der Waals surface area (Å²) in [5, 5.41) is 10.6. The average molecular weight is 566 g/mol. The molecule has 1 aromatic rings. The normalized spacial score (nSPS) is 34.4. The third kappa shape index (κ3) is 4.90. The molecule has 5 aliphatic heterocycles. The molecule has 0 bridgehead atoms. The molecule has 41 heavy (non-hydrogen) atoms. The van der Waals surface area contributed by atoms with Crippen LogP contribution >= 0.6 is 0 Å². The highest BCUT2D eigenvalue weighted by Crippen LogP contribution is 2.57. The zero-order valence-corrected chi connectivity index (χ0v) is 23.5. The maximum absolute atomic E-state index is 14.5. The molecule has 0 aliphatic carbocycles. The largest absolute Gasteiger partial charge is 0.465 e. The summed E-state index contributed by atoms with van der Waals surface area (Å²) in [6.45, 7) is 6.16. The first-order valence-corrected chi connectivity index (χ1v) is 14.7. The fourth-order valence-electron chi connectivity index (χ4n) is 7.29. The van der Waals surface area contributed by atoms with E-state index in [0.29, 0.717) is 45.7 Å². The number of esters is 1. The van der Waals surface area contributed by atoms with Crippen LogP contribution in [-0.2, 0) is 35.0 Å². The van der Waals surface area contributed by atoms with Gasteiger partial charge in [0.1, 0.15) is 17.6 Å². The lowest BCUT2D eigenvalue weighted by atomic mass is 9.74. The van der Waals surface area contributed by atoms with Crippen LogP contribution in [0.1, 0.15) is 18.9 Å². The minimum atomic E-state index is -1.38. The molecule has 1 aromatic carbocycles. The Kier molecular flexibility index (Phi) is 7.76. The summed E-state index contributed by atoms with van der Waals surface area (Å²) in [6.07, 6.45) is 8.40. The van der Waals surface area contributed by atoms with E-state index in [4.69, 9.17) is 14.2 Å². The van der Waals surface area contributed by atoms with Crippen molar-refractivity contribution in [3.63, 3.8) is 0 Å². The maximum Gasteiger partial charge on any atom is 0.313 e. The van der Waals surface area contributed by atoms with Crippen LogP contribution < -0.4 is 0 Å². The van der Waals surface area contributed by atoms with Crippen LogP contribution in [0.2, 0.25) is 0 Å². The monoisotopic (exact) mass is 565 g/mol. The molecular formula is C31H39N3O7. The van der Waals surface area contributed by atoms with Crippen LogP contribution in [0, 0.1) is 11.8 Å². The molecule has 5 aliphatic rings. The number of rotatable bonds is 7. The van der Waals surface area contributed by atoms with Gasteiger partial charge in [0.25, 0.3) is 0 Å². The number of aliphatic hydroxyl groups is 1. The highest BCUT2D eigenvalue weighted by atomic mass is 16.6. The lowest BCUT2D eigenvalue weighted by molar-refractivity contribution is -0.162. The highest BCUT2D eigenvalue weighted by Gasteiger charge is 2.75. The molecule has 3 fully saturated rings. The van der Waals surface area contributed by atoms with E-state index in [1.165, 1.54) is 4.90 Å². The van der Waals surface area contributed by atoms with Crippen molar-refractivity contribution < 1.29 is 33.7 Å². The highest BCUT2D eigenvalue weighted by molar-refractivity contribution is 5.99. The van der Waals surface area contributed by atoms with Gasteiger partial charge in [0.2, 0.25) is 11.8 Å². The predicted octanol–water partition coefficient (Wildman–Crippen LogP) is 0.795. The molecule has 0 aromatic heterocycles. The van der Waals surface area contributed by atoms with Crippen LogP contribution in [0.25, 0.3) is 0 Å². The quantitative estimate of drug-likeness (QED) is 0.382. The molecule has 10 heteroatoms. The number of carbonyl (C=O) groups excluding carboxylic acids is 3. The van der Waals surface area contributed by atoms with Crippen molar-refractivity contribution in [1.29, 1.82) is 0 Å². The van der Waals surface area contributed by atoms with E-state index in [1.807, 2.05) is 54.6 Å². The number of hydrogen-bond donors (Lipinski definition) is 1. The van der Waals surface area contributed by atoms with E-state index in [-0.39, 0.29) is 25.0 Å². The number of benzene rings is 1. The molecule has 1 spiro atoms. The standard InChI is InChI=1S/C31H39N3O7/c1-30-10-5-6-17-40-29(38)25(30)24-27(36)34(23(21-35)20-22-8-3-2-4-9-22)26-28(37)33(12-7-11-31(24,26)41-30)14-13-32-15-18-39-19-16-32/h2-5,7-11,23-26,35H,6,12-21H2,1H3/t23-,24+,25+,26?,30-,31+/m1/s1. The zero-order chi connectivity index (χ0) is 28.6. The van der Waals surface area contributed by atoms with Crippen molar-refractivity contribution in [1.82, 2.24) is 14.7 Å². The summed E-state index contributed by atoms with van der Waals surface area (Å²) in [7, 11) is 0. The smallest absolute Gasteiger partial charge is 0.313 e. The Balaban J connectivity index is 1.39. The number of amides is 2. The van der Waals surface area contributed by atoms with Crippen molar-refractivity contribution in [2.75, 3.05) is 59.2 Å². The van der Waals surface area contributed by atoms with Gasteiger partial charge in [0.15, 0.2) is 0 Å². The second-order valence-electron chi connectivity index (χ2n) is 11.8. The number of nitrogens with zero attached hydrogens (tertiary/aromatic N) is 3. The van der Waals surface area contributed by atoms with Crippen LogP contribution in [0.3, 0.4) is 0 Å². The van der Waals surface area contributed by atoms with E-state index in [9.17, 15) is 19.5 Å². The Morgan fingerprint density at radius 3 is 2.51 bits per heavy atom. The van der Waals surface area contributed by atoms with Gasteiger partial charge in [-0.2, -0.15) is 0 Å². The third-order valence-corrected chi connectivity index (χ3v) is 9.25. The van der Waals surface area contributed by atoms with Crippen LogP contribution in [0.4, 0.5) is 0 Å². The number of fused-ring (bicyclic) bond motifs is 2. The SMILES string of the molecule is C[C@@]12C=CCCOC(=O)[C@@H]1[C@H]1C(=O)N([C@@H](CO)Cc3ccccc3)C3C(=O)N(CCN4CCOCC4)CC=C[C@@]31O2. The second-order valence-corrected chi connectivity index (χ2v) is 11.8. The second kappa shape index (κ2) is 11.3. The first-order chi connectivity index (χ1) is 19.9. The number of cyclic esters (lactones) is 1. The van der Waals surface area contributed by atoms with Crippen LogP contribution in [0.15, 0.2) is 54.6 Å². The van der Waals surface area contributed by atoms with Gasteiger partial charge >= 0.3 is 5.97 Å². The van der Waals surface area contributed by atoms with E-state index in [2.05, 4.69) is 4.90 Å². The van der Waals surface area contributed by atoms with Crippen molar-refractivity contribution in [2.24, 2.45) is 11.8 Å². The lowest BCUT2D eigenvalue weighted by Gasteiger charge is -2.40. The van der Waals surface area contributed by atoms with Gasteiger partial charge in [0, 0.05) is 32.7 Å². The minimum absolute atomic E-state index is 0.223. The number of hydrogen-bond acceptors (Lipinski definition) is 8. The molecule has 0 saturated carbocycles. The molecule has 6 atom stereocenters. The van der Waals surface area contributed by atoms with Crippen molar-refractivity contribution >= 4 is 17.8 Å². The Hall–Kier alpha value is -3.05. The molecule has 5 heterocycles. The van der Waals surface area contributed by atoms with Crippen molar-refractivity contribution in [2.45, 2.75) is 43.1 Å². The number of aliphatic hydroxyl groups excluding tert-OH is 1. The molecule has 6 rings (SSSR count). The minimum Gasteiger partial charge on any atom is -0.465 e. The van der Waals surface area contributed by atoms with Gasteiger partial charge in [0.05, 0.1) is 44.0 Å². The van der Waals surface area contributed by atoms with Gasteiger partial charge in [-0.1, -0.05) is 54.6 Å². The Morgan fingerprint density at radius 2 is 1.76 bits per heavy atom. The summed E-state index contributed by atoms with van der Waals surface area (Å²) in [5.74, 6) is -2.98. The summed E-state index contributed by atoms with van der Waals surface area (Å²) in [5.41, 5.74) is -1.56. The van der Waals surface area contributed by atoms with E-state index in [1.54, 1.807) is 11.8 Å². The Bertz CT molecular complexity index is 1220. The number of ether oxygens (including phenoxy) is 3. The number of morpholine rings is 1. The summed E-state index contributed by atoms with van der Waals surface area (Å²) in [4.78, 5) is 48.1. The third-order valence-electron chi connectivity index (χ3n) is 9.25. The molecule has 2 amide bonds. The van der Waals surface area contributed by atoms with E-state index in [0.717, 1.165) is 18.7 Å². The van der Waals surface area contributed by atoms with Gasteiger partial charge in [-0.3, -0.25) is 19.3 Å². The molecule has 1 N–H and O–H groups in total. The zero-order valence-electron chi connectivity index (χ0n) is 23.5. The van der Waals surface area contributed by atoms with Crippen LogP contribution in [0.5, 0.6) is 0 Å². The van der Waals surface area contributed by atoms with Crippen LogP contribution in [-0.4, -0.2) is 120 Å². The Morgan fingerprint density at radius 1 is 0.976 bits per heavy atom. The molecule has 1 unspecified atom stereocenters. The van der Waals surface area contributed by atoms with Gasteiger partial charge in [-0.25, -0.2) is 0 Å². The fraction of sp³-hybridized carbons (Fsp3) is 0.581. The fourth-order valence-corrected chi connectivity index (χ4v) is 7.29. The first kappa shape index (κ1) is 28.1. The summed E-state index contributed by atoms with van der Waals surface area (Å²) < 4.78 is 17.9. The molecule has 10 nitrogen and oxygen atoms in total. The lowest BCUT2D eigenvalue weighted by Crippen LogP contribution is -2.59. The number of carbonyl (C=O) groups is 3. The summed E-state index contributed by atoms with van der Waals surface area (Å²) >= 11 is 0. The molecule has 220 valence electrons. The first-order valence-electron chi connectivity index (χ1n) is 14.7. The van der Waals surface area contributed by atoms with Crippen molar-refractivity contribution in [3.8, 4) is 0 Å². The predicted molar refractivity (Wildman–Crippen MR) is 149 cm³/mol. The van der Waals surface area contributed by atoms with E-state index >= 15 is 0 Å². The topological polar surface area (TPSA) is 109 Å². The number of likely N-dealkylation sites (tertiary alicyclic amines) is 1. The van der Waals surface area contributed by atoms with E-state index < -0.39 is 41.1 Å². The maximum atomic E-state index is 14.5. The average Bonchev–Trinajstić information content (AvgIpc) is 3.31.